The van der Waals surface area contributed by atoms with Gasteiger partial charge in [-0.2, -0.15) is 0 Å². The Hall–Kier alpha value is -1.05. The number of halogens is 2. The van der Waals surface area contributed by atoms with E-state index in [9.17, 15) is 8.42 Å². The van der Waals surface area contributed by atoms with Gasteiger partial charge in [-0.05, 0) is 36.4 Å². The van der Waals surface area contributed by atoms with Crippen molar-refractivity contribution in [1.29, 1.82) is 0 Å². The Labute approximate surface area is 128 Å². The first-order chi connectivity index (χ1) is 8.88. The highest BCUT2D eigenvalue weighted by molar-refractivity contribution is 9.10. The molecule has 0 bridgehead atoms. The predicted molar refractivity (Wildman–Crippen MR) is 83.5 cm³/mol. The van der Waals surface area contributed by atoms with Crippen LogP contribution in [0.15, 0.2) is 56.3 Å². The molecule has 0 atom stereocenters. The average molecular weight is 406 g/mol. The molecule has 0 heterocycles. The van der Waals surface area contributed by atoms with Crippen LogP contribution in [0.2, 0.25) is 0 Å². The fraction of sp³-hybridized carbons (Fsp3) is 0. The van der Waals surface area contributed by atoms with E-state index in [1.54, 1.807) is 30.3 Å². The lowest BCUT2D eigenvalue weighted by Gasteiger charge is -2.10. The van der Waals surface area contributed by atoms with Gasteiger partial charge in [0.15, 0.2) is 0 Å². The minimum absolute atomic E-state index is 0.0434. The first kappa shape index (κ1) is 14.4. The minimum Gasteiger partial charge on any atom is -0.398 e. The molecule has 2 aromatic rings. The topological polar surface area (TPSA) is 72.2 Å². The number of hydrogen-bond donors (Lipinski definition) is 2. The molecule has 0 saturated heterocycles. The van der Waals surface area contributed by atoms with Crippen LogP contribution in [0.1, 0.15) is 0 Å². The van der Waals surface area contributed by atoms with Gasteiger partial charge in [0.1, 0.15) is 4.90 Å². The molecule has 100 valence electrons. The smallest absolute Gasteiger partial charge is 0.263 e. The van der Waals surface area contributed by atoms with Gasteiger partial charge in [0, 0.05) is 14.6 Å². The van der Waals surface area contributed by atoms with E-state index in [2.05, 4.69) is 36.6 Å². The number of sulfonamides is 1. The molecule has 0 fully saturated rings. The molecule has 2 aromatic carbocycles. The molecule has 2 rings (SSSR count). The van der Waals surface area contributed by atoms with Crippen molar-refractivity contribution < 1.29 is 8.42 Å². The van der Waals surface area contributed by atoms with Crippen molar-refractivity contribution >= 4 is 53.3 Å². The first-order valence-electron chi connectivity index (χ1n) is 5.22. The molecular weight excluding hydrogens is 396 g/mol. The van der Waals surface area contributed by atoms with E-state index < -0.39 is 10.0 Å². The number of anilines is 2. The zero-order valence-electron chi connectivity index (χ0n) is 9.60. The molecular formula is C12H10Br2N2O2S. The van der Waals surface area contributed by atoms with Gasteiger partial charge in [-0.3, -0.25) is 4.72 Å². The number of nitrogen functional groups attached to an aromatic ring is 1. The van der Waals surface area contributed by atoms with Gasteiger partial charge in [0.05, 0.1) is 5.69 Å². The van der Waals surface area contributed by atoms with Crippen molar-refractivity contribution in [2.45, 2.75) is 4.90 Å². The monoisotopic (exact) mass is 404 g/mol. The van der Waals surface area contributed by atoms with Crippen molar-refractivity contribution in [3.63, 3.8) is 0 Å². The van der Waals surface area contributed by atoms with Crippen LogP contribution >= 0.6 is 31.9 Å². The lowest BCUT2D eigenvalue weighted by atomic mass is 10.3. The summed E-state index contributed by atoms with van der Waals surface area (Å²) in [6.45, 7) is 0. The summed E-state index contributed by atoms with van der Waals surface area (Å²) in [7, 11) is -3.71. The Morgan fingerprint density at radius 2 is 1.68 bits per heavy atom. The van der Waals surface area contributed by atoms with Crippen molar-refractivity contribution in [1.82, 2.24) is 0 Å². The van der Waals surface area contributed by atoms with Crippen LogP contribution in [0.5, 0.6) is 0 Å². The van der Waals surface area contributed by atoms with Crippen LogP contribution in [0.4, 0.5) is 11.4 Å². The maximum atomic E-state index is 12.3. The minimum atomic E-state index is -3.71. The van der Waals surface area contributed by atoms with Crippen molar-refractivity contribution in [2.24, 2.45) is 0 Å². The fourth-order valence-electron chi connectivity index (χ4n) is 1.50. The second-order valence-corrected chi connectivity index (χ2v) is 7.28. The molecule has 7 heteroatoms. The van der Waals surface area contributed by atoms with Gasteiger partial charge in [-0.1, -0.05) is 37.9 Å². The summed E-state index contributed by atoms with van der Waals surface area (Å²) in [6, 6.07) is 11.6. The summed E-state index contributed by atoms with van der Waals surface area (Å²) in [4.78, 5) is 0.0434. The lowest BCUT2D eigenvalue weighted by molar-refractivity contribution is 0.601. The van der Waals surface area contributed by atoms with E-state index in [0.717, 1.165) is 4.47 Å². The zero-order valence-corrected chi connectivity index (χ0v) is 13.6. The van der Waals surface area contributed by atoms with Gasteiger partial charge in [-0.15, -0.1) is 0 Å². The van der Waals surface area contributed by atoms with Crippen LogP contribution in [0.25, 0.3) is 0 Å². The van der Waals surface area contributed by atoms with Crippen LogP contribution in [-0.2, 0) is 10.0 Å². The second-order valence-electron chi connectivity index (χ2n) is 3.80. The number of benzene rings is 2. The van der Waals surface area contributed by atoms with Gasteiger partial charge in [-0.25, -0.2) is 8.42 Å². The van der Waals surface area contributed by atoms with E-state index in [4.69, 9.17) is 5.73 Å². The van der Waals surface area contributed by atoms with Crippen LogP contribution in [0.3, 0.4) is 0 Å². The van der Waals surface area contributed by atoms with Crippen LogP contribution in [-0.4, -0.2) is 8.42 Å². The Morgan fingerprint density at radius 3 is 2.37 bits per heavy atom. The molecule has 0 saturated carbocycles. The highest BCUT2D eigenvalue weighted by Gasteiger charge is 2.18. The van der Waals surface area contributed by atoms with Crippen LogP contribution in [0, 0.1) is 0 Å². The molecule has 0 aromatic heterocycles. The average Bonchev–Trinajstić information content (AvgIpc) is 2.31. The highest BCUT2D eigenvalue weighted by atomic mass is 79.9. The number of hydrogen-bond acceptors (Lipinski definition) is 3. The lowest BCUT2D eigenvalue weighted by Crippen LogP contribution is -2.14. The zero-order chi connectivity index (χ0) is 14.0. The summed E-state index contributed by atoms with van der Waals surface area (Å²) in [6.07, 6.45) is 0. The Morgan fingerprint density at radius 1 is 1.00 bits per heavy atom. The number of rotatable bonds is 3. The molecule has 0 unspecified atom stereocenters. The third-order valence-electron chi connectivity index (χ3n) is 2.34. The van der Waals surface area contributed by atoms with E-state index in [1.165, 1.54) is 6.07 Å². The van der Waals surface area contributed by atoms with Gasteiger partial charge < -0.3 is 5.73 Å². The summed E-state index contributed by atoms with van der Waals surface area (Å²) < 4.78 is 28.4. The highest BCUT2D eigenvalue weighted by Crippen LogP contribution is 2.26. The van der Waals surface area contributed by atoms with Crippen molar-refractivity contribution in [3.05, 3.63) is 51.4 Å². The molecule has 0 aliphatic heterocycles. The van der Waals surface area contributed by atoms with E-state index in [-0.39, 0.29) is 10.6 Å². The van der Waals surface area contributed by atoms with Gasteiger partial charge >= 0.3 is 0 Å². The molecule has 0 aliphatic carbocycles. The molecule has 0 aliphatic rings. The Balaban J connectivity index is 2.40. The summed E-state index contributed by atoms with van der Waals surface area (Å²) >= 11 is 6.52. The number of nitrogens with one attached hydrogen (secondary N) is 1. The molecule has 0 spiro atoms. The molecule has 3 N–H and O–H groups in total. The SMILES string of the molecule is Nc1ccc(Br)cc1S(=O)(=O)Nc1cccc(Br)c1. The summed E-state index contributed by atoms with van der Waals surface area (Å²) in [5.41, 5.74) is 6.38. The third-order valence-corrected chi connectivity index (χ3v) is 4.77. The van der Waals surface area contributed by atoms with Crippen molar-refractivity contribution in [2.75, 3.05) is 10.5 Å². The quantitative estimate of drug-likeness (QED) is 0.766. The second kappa shape index (κ2) is 5.52. The largest absolute Gasteiger partial charge is 0.398 e. The normalized spacial score (nSPS) is 11.3. The molecule has 0 amide bonds. The first-order valence-corrected chi connectivity index (χ1v) is 8.29. The standard InChI is InChI=1S/C12H10Br2N2O2S/c13-8-2-1-3-10(6-8)16-19(17,18)12-7-9(14)4-5-11(12)15/h1-7,16H,15H2. The van der Waals surface area contributed by atoms with E-state index in [1.807, 2.05) is 6.07 Å². The summed E-state index contributed by atoms with van der Waals surface area (Å²) in [5.74, 6) is 0. The van der Waals surface area contributed by atoms with E-state index >= 15 is 0 Å². The molecule has 0 radical (unpaired) electrons. The van der Waals surface area contributed by atoms with Gasteiger partial charge in [0.2, 0.25) is 0 Å². The van der Waals surface area contributed by atoms with E-state index in [0.29, 0.717) is 10.2 Å². The Bertz CT molecular complexity index is 717. The Kier molecular flexibility index (Phi) is 4.17. The maximum Gasteiger partial charge on any atom is 0.263 e. The maximum absolute atomic E-state index is 12.3. The predicted octanol–water partition coefficient (Wildman–Crippen LogP) is 3.59. The molecule has 19 heavy (non-hydrogen) atoms. The van der Waals surface area contributed by atoms with Crippen LogP contribution < -0.4 is 10.5 Å². The fourth-order valence-corrected chi connectivity index (χ4v) is 3.62. The third kappa shape index (κ3) is 3.49. The number of nitrogens with two attached hydrogens (primary N) is 1. The molecule has 4 nitrogen and oxygen atoms in total. The van der Waals surface area contributed by atoms with Crippen molar-refractivity contribution in [3.8, 4) is 0 Å². The van der Waals surface area contributed by atoms with Gasteiger partial charge in [0.25, 0.3) is 10.0 Å². The summed E-state index contributed by atoms with van der Waals surface area (Å²) in [5, 5.41) is 0.